The van der Waals surface area contributed by atoms with Crippen molar-refractivity contribution >= 4 is 40.7 Å². The van der Waals surface area contributed by atoms with Gasteiger partial charge in [0, 0.05) is 34.8 Å². The molecule has 0 unspecified atom stereocenters. The number of nitrogens with one attached hydrogen (secondary N) is 2. The van der Waals surface area contributed by atoms with E-state index < -0.39 is 0 Å². The van der Waals surface area contributed by atoms with Crippen molar-refractivity contribution in [3.8, 4) is 6.07 Å². The van der Waals surface area contributed by atoms with Gasteiger partial charge in [-0.25, -0.2) is 9.78 Å². The molecule has 1 aliphatic rings. The predicted octanol–water partition coefficient (Wildman–Crippen LogP) is 3.42. The number of aromatic nitrogens is 1. The number of nitriles is 1. The van der Waals surface area contributed by atoms with Gasteiger partial charge in [-0.3, -0.25) is 4.90 Å². The Balaban J connectivity index is 1.62. The fraction of sp³-hybridized carbons (Fsp3) is 0.278. The predicted molar refractivity (Wildman–Crippen MR) is 102 cm³/mol. The Kier molecular flexibility index (Phi) is 5.82. The molecule has 0 atom stereocenters. The molecule has 2 heterocycles. The molecule has 8 heteroatoms. The van der Waals surface area contributed by atoms with Crippen molar-refractivity contribution in [2.24, 2.45) is 0 Å². The summed E-state index contributed by atoms with van der Waals surface area (Å²) < 4.78 is 0. The van der Waals surface area contributed by atoms with Crippen LogP contribution in [0.5, 0.6) is 0 Å². The fourth-order valence-electron chi connectivity index (χ4n) is 2.87. The summed E-state index contributed by atoms with van der Waals surface area (Å²) in [5.74, 6) is 0.938. The van der Waals surface area contributed by atoms with Gasteiger partial charge in [0.05, 0.1) is 18.7 Å². The number of halogens is 2. The number of hydrogen-bond acceptors (Lipinski definition) is 3. The van der Waals surface area contributed by atoms with Crippen LogP contribution in [0.3, 0.4) is 0 Å². The molecule has 134 valence electrons. The molecule has 1 aromatic carbocycles. The van der Waals surface area contributed by atoms with Crippen LogP contribution in [-0.4, -0.2) is 37.1 Å². The second-order valence-corrected chi connectivity index (χ2v) is 6.86. The van der Waals surface area contributed by atoms with E-state index in [-0.39, 0.29) is 6.03 Å². The molecule has 26 heavy (non-hydrogen) atoms. The van der Waals surface area contributed by atoms with Crippen molar-refractivity contribution < 1.29 is 9.78 Å². The summed E-state index contributed by atoms with van der Waals surface area (Å²) in [5, 5.41) is 12.7. The summed E-state index contributed by atoms with van der Waals surface area (Å²) in [6, 6.07) is 10.6. The highest BCUT2D eigenvalue weighted by atomic mass is 35.5. The van der Waals surface area contributed by atoms with E-state index in [9.17, 15) is 4.79 Å². The number of hydrogen-bond donors (Lipinski definition) is 1. The van der Waals surface area contributed by atoms with Gasteiger partial charge in [-0.1, -0.05) is 23.2 Å². The number of carbonyl (C=O) groups excluding carboxylic acids is 1. The molecule has 1 aromatic heterocycles. The van der Waals surface area contributed by atoms with Crippen LogP contribution in [-0.2, 0) is 0 Å². The summed E-state index contributed by atoms with van der Waals surface area (Å²) in [4.78, 5) is 19.6. The van der Waals surface area contributed by atoms with Crippen molar-refractivity contribution in [3.05, 3.63) is 52.1 Å². The summed E-state index contributed by atoms with van der Waals surface area (Å²) in [6.07, 6.45) is 2.53. The molecule has 0 radical (unpaired) electrons. The van der Waals surface area contributed by atoms with Crippen LogP contribution in [0.15, 0.2) is 36.5 Å². The minimum atomic E-state index is -0.172. The summed E-state index contributed by atoms with van der Waals surface area (Å²) in [6.45, 7) is 2.78. The first kappa shape index (κ1) is 18.3. The van der Waals surface area contributed by atoms with Crippen LogP contribution >= 0.6 is 23.2 Å². The number of benzene rings is 1. The lowest BCUT2D eigenvalue weighted by atomic mass is 10.3. The number of nitrogens with zero attached hydrogens (tertiary/aromatic N) is 3. The van der Waals surface area contributed by atoms with Crippen molar-refractivity contribution in [2.45, 2.75) is 6.42 Å². The van der Waals surface area contributed by atoms with E-state index in [2.05, 4.69) is 21.3 Å². The second-order valence-electron chi connectivity index (χ2n) is 5.99. The smallest absolute Gasteiger partial charge is 0.320 e. The number of carbonyl (C=O) groups is 1. The minimum Gasteiger partial charge on any atom is -0.320 e. The molecule has 1 saturated heterocycles. The first-order chi connectivity index (χ1) is 12.5. The zero-order valence-corrected chi connectivity index (χ0v) is 15.5. The van der Waals surface area contributed by atoms with Crippen LogP contribution in [0.2, 0.25) is 10.0 Å². The standard InChI is InChI=1S/C18H17Cl2N5O/c19-14-8-15(20)10-16(9-14)23-18(26)25-5-1-4-24(6-7-25)17-3-2-13(11-21)12-22-17/h2-3,8-10,12H,1,4-7H2,(H,23,26)/p+1. The largest absolute Gasteiger partial charge is 0.321 e. The topological polar surface area (TPSA) is 73.5 Å². The fourth-order valence-corrected chi connectivity index (χ4v) is 3.40. The quantitative estimate of drug-likeness (QED) is 0.853. The van der Waals surface area contributed by atoms with Crippen LogP contribution in [0.4, 0.5) is 16.3 Å². The number of rotatable bonds is 2. The van der Waals surface area contributed by atoms with Crippen LogP contribution in [0.25, 0.3) is 0 Å². The lowest BCUT2D eigenvalue weighted by Crippen LogP contribution is -2.38. The van der Waals surface area contributed by atoms with Gasteiger partial charge in [0.2, 0.25) is 0 Å². The first-order valence-electron chi connectivity index (χ1n) is 8.24. The van der Waals surface area contributed by atoms with Gasteiger partial charge in [-0.15, -0.1) is 0 Å². The van der Waals surface area contributed by atoms with Gasteiger partial charge in [-0.2, -0.15) is 5.26 Å². The van der Waals surface area contributed by atoms with E-state index in [0.717, 1.165) is 18.8 Å². The second kappa shape index (κ2) is 8.26. The van der Waals surface area contributed by atoms with E-state index in [1.165, 1.54) is 0 Å². The molecule has 2 amide bonds. The minimum absolute atomic E-state index is 0.172. The lowest BCUT2D eigenvalue weighted by molar-refractivity contribution is -0.364. The summed E-state index contributed by atoms with van der Waals surface area (Å²) in [7, 11) is 0. The summed E-state index contributed by atoms with van der Waals surface area (Å²) >= 11 is 11.9. The van der Waals surface area contributed by atoms with Gasteiger partial charge in [0.1, 0.15) is 18.8 Å². The van der Waals surface area contributed by atoms with Gasteiger partial charge < -0.3 is 10.2 Å². The van der Waals surface area contributed by atoms with Crippen LogP contribution in [0.1, 0.15) is 12.0 Å². The SMILES string of the molecule is N#Cc1ccc(N2CCCN(C(=O)Nc3cc(Cl)cc(Cl)c3)CC2)[nH+]c1. The molecule has 0 aliphatic carbocycles. The van der Waals surface area contributed by atoms with E-state index in [0.29, 0.717) is 40.9 Å². The number of anilines is 2. The highest BCUT2D eigenvalue weighted by Gasteiger charge is 2.24. The highest BCUT2D eigenvalue weighted by Crippen LogP contribution is 2.23. The normalized spacial score (nSPS) is 14.5. The number of aromatic amines is 1. The molecule has 2 aromatic rings. The van der Waals surface area contributed by atoms with Crippen LogP contribution < -0.4 is 15.2 Å². The Morgan fingerprint density at radius 1 is 1.12 bits per heavy atom. The maximum absolute atomic E-state index is 12.5. The zero-order chi connectivity index (χ0) is 18.5. The van der Waals surface area contributed by atoms with Crippen molar-refractivity contribution in [1.29, 1.82) is 5.26 Å². The average molecular weight is 391 g/mol. The van der Waals surface area contributed by atoms with Gasteiger partial charge in [-0.05, 0) is 24.3 Å². The number of urea groups is 1. The van der Waals surface area contributed by atoms with Gasteiger partial charge in [0.25, 0.3) is 5.82 Å². The van der Waals surface area contributed by atoms with Gasteiger partial charge in [0.15, 0.2) is 0 Å². The first-order valence-corrected chi connectivity index (χ1v) is 8.99. The maximum atomic E-state index is 12.5. The Morgan fingerprint density at radius 3 is 2.54 bits per heavy atom. The third-order valence-corrected chi connectivity index (χ3v) is 4.60. The van der Waals surface area contributed by atoms with E-state index in [1.807, 2.05) is 6.07 Å². The lowest BCUT2D eigenvalue weighted by Gasteiger charge is -2.20. The third-order valence-electron chi connectivity index (χ3n) is 4.16. The molecule has 1 fully saturated rings. The van der Waals surface area contributed by atoms with E-state index in [1.54, 1.807) is 35.4 Å². The third kappa shape index (κ3) is 4.57. The van der Waals surface area contributed by atoms with Gasteiger partial charge >= 0.3 is 6.03 Å². The molecule has 2 N–H and O–H groups in total. The monoisotopic (exact) mass is 390 g/mol. The molecule has 0 bridgehead atoms. The molecule has 0 saturated carbocycles. The maximum Gasteiger partial charge on any atom is 0.321 e. The van der Waals surface area contributed by atoms with E-state index in [4.69, 9.17) is 28.5 Å². The molecule has 6 nitrogen and oxygen atoms in total. The molecular formula is C18H18Cl2N5O+. The van der Waals surface area contributed by atoms with Crippen molar-refractivity contribution in [3.63, 3.8) is 0 Å². The van der Waals surface area contributed by atoms with E-state index >= 15 is 0 Å². The average Bonchev–Trinajstić information content (AvgIpc) is 2.87. The molecular weight excluding hydrogens is 373 g/mol. The number of pyridine rings is 1. The Morgan fingerprint density at radius 2 is 1.88 bits per heavy atom. The number of amides is 2. The zero-order valence-electron chi connectivity index (χ0n) is 14.0. The molecule has 1 aliphatic heterocycles. The Labute approximate surface area is 161 Å². The highest BCUT2D eigenvalue weighted by molar-refractivity contribution is 6.35. The Hall–Kier alpha value is -2.49. The van der Waals surface area contributed by atoms with Crippen molar-refractivity contribution in [1.82, 2.24) is 4.90 Å². The number of H-pyrrole nitrogens is 1. The molecule has 3 rings (SSSR count). The van der Waals surface area contributed by atoms with Crippen LogP contribution in [0, 0.1) is 11.3 Å². The molecule has 0 spiro atoms. The summed E-state index contributed by atoms with van der Waals surface area (Å²) in [5.41, 5.74) is 1.17. The Bertz CT molecular complexity index is 814. The van der Waals surface area contributed by atoms with Crippen molar-refractivity contribution in [2.75, 3.05) is 36.4 Å².